The molecule has 3 heterocycles. The second-order valence-corrected chi connectivity index (χ2v) is 8.72. The van der Waals surface area contributed by atoms with Crippen molar-refractivity contribution < 1.29 is 4.79 Å². The van der Waals surface area contributed by atoms with Gasteiger partial charge in [0, 0.05) is 46.8 Å². The minimum atomic E-state index is -0.174. The summed E-state index contributed by atoms with van der Waals surface area (Å²) in [7, 11) is 1.78. The lowest BCUT2D eigenvalue weighted by atomic mass is 10.2. The van der Waals surface area contributed by atoms with E-state index in [0.717, 1.165) is 21.8 Å². The molecule has 5 N–H and O–H groups in total. The third-order valence-corrected chi connectivity index (χ3v) is 5.93. The number of rotatable bonds is 8. The van der Waals surface area contributed by atoms with E-state index in [-0.39, 0.29) is 5.91 Å². The third kappa shape index (κ3) is 5.26. The number of carbonyl (C=O) groups excluding carboxylic acids is 1. The summed E-state index contributed by atoms with van der Waals surface area (Å²) in [6.45, 7) is 1.94. The van der Waals surface area contributed by atoms with Crippen LogP contribution in [0.4, 0.5) is 23.0 Å². The first kappa shape index (κ1) is 22.4. The molecule has 0 fully saturated rings. The van der Waals surface area contributed by atoms with E-state index in [2.05, 4.69) is 36.8 Å². The SMILES string of the molecule is CNNc1ccc(C(=O)Nc2ccc(Sc3nc(Nc4cc(C)[nH]n4)c4cccn4n3)cc2)cc1. The van der Waals surface area contributed by atoms with Gasteiger partial charge in [-0.05, 0) is 79.3 Å². The number of nitrogens with zero attached hydrogens (tertiary/aromatic N) is 4. The molecule has 0 bridgehead atoms. The van der Waals surface area contributed by atoms with Gasteiger partial charge in [-0.3, -0.25) is 9.89 Å². The molecule has 1 amide bonds. The molecule has 5 rings (SSSR count). The molecule has 0 saturated heterocycles. The number of aryl methyl sites for hydroxylation is 1. The molecule has 35 heavy (non-hydrogen) atoms. The quantitative estimate of drug-likeness (QED) is 0.204. The normalized spacial score (nSPS) is 10.9. The van der Waals surface area contributed by atoms with Gasteiger partial charge in [-0.1, -0.05) is 0 Å². The predicted molar refractivity (Wildman–Crippen MR) is 137 cm³/mol. The summed E-state index contributed by atoms with van der Waals surface area (Å²) in [4.78, 5) is 18.2. The first-order chi connectivity index (χ1) is 17.1. The largest absolute Gasteiger partial charge is 0.322 e. The van der Waals surface area contributed by atoms with Crippen molar-refractivity contribution in [3.8, 4) is 0 Å². The van der Waals surface area contributed by atoms with Crippen LogP contribution in [-0.4, -0.2) is 37.8 Å². The Morgan fingerprint density at radius 2 is 1.80 bits per heavy atom. The first-order valence-electron chi connectivity index (χ1n) is 10.8. The fourth-order valence-electron chi connectivity index (χ4n) is 3.42. The van der Waals surface area contributed by atoms with Crippen LogP contribution in [0.3, 0.4) is 0 Å². The van der Waals surface area contributed by atoms with E-state index in [1.165, 1.54) is 11.8 Å². The van der Waals surface area contributed by atoms with Crippen LogP contribution in [0.2, 0.25) is 0 Å². The van der Waals surface area contributed by atoms with Gasteiger partial charge in [0.15, 0.2) is 11.6 Å². The molecule has 0 unspecified atom stereocenters. The van der Waals surface area contributed by atoms with E-state index >= 15 is 0 Å². The fraction of sp³-hybridized carbons (Fsp3) is 0.0833. The number of H-pyrrole nitrogens is 1. The Hall–Kier alpha value is -4.35. The summed E-state index contributed by atoms with van der Waals surface area (Å²) >= 11 is 1.43. The minimum Gasteiger partial charge on any atom is -0.322 e. The summed E-state index contributed by atoms with van der Waals surface area (Å²) in [5.74, 6) is 1.18. The van der Waals surface area contributed by atoms with Crippen LogP contribution in [0.25, 0.3) is 5.52 Å². The Balaban J connectivity index is 1.28. The zero-order valence-electron chi connectivity index (χ0n) is 19.0. The Morgan fingerprint density at radius 3 is 2.51 bits per heavy atom. The number of hydrogen-bond donors (Lipinski definition) is 5. The highest BCUT2D eigenvalue weighted by molar-refractivity contribution is 7.99. The molecule has 11 heteroatoms. The van der Waals surface area contributed by atoms with Crippen molar-refractivity contribution in [1.29, 1.82) is 0 Å². The van der Waals surface area contributed by atoms with Crippen LogP contribution >= 0.6 is 11.8 Å². The summed E-state index contributed by atoms with van der Waals surface area (Å²) in [5.41, 5.74) is 9.78. The van der Waals surface area contributed by atoms with Crippen molar-refractivity contribution in [1.82, 2.24) is 30.2 Å². The average Bonchev–Trinajstić information content (AvgIpc) is 3.50. The lowest BCUT2D eigenvalue weighted by Crippen LogP contribution is -2.15. The van der Waals surface area contributed by atoms with Gasteiger partial charge < -0.3 is 16.1 Å². The average molecular weight is 486 g/mol. The Bertz CT molecular complexity index is 1460. The van der Waals surface area contributed by atoms with E-state index in [1.54, 1.807) is 23.7 Å². The summed E-state index contributed by atoms with van der Waals surface area (Å²) in [5, 5.41) is 18.5. The number of hydrogen-bond acceptors (Lipinski definition) is 8. The van der Waals surface area contributed by atoms with E-state index in [4.69, 9.17) is 4.98 Å². The number of nitrogens with one attached hydrogen (secondary N) is 5. The van der Waals surface area contributed by atoms with Crippen LogP contribution in [0.15, 0.2) is 83.0 Å². The molecule has 0 aliphatic heterocycles. The number of aromatic nitrogens is 5. The number of fused-ring (bicyclic) bond motifs is 1. The summed E-state index contributed by atoms with van der Waals surface area (Å²) in [6, 6.07) is 20.5. The number of benzene rings is 2. The van der Waals surface area contributed by atoms with E-state index in [0.29, 0.717) is 28.0 Å². The maximum atomic E-state index is 12.6. The molecule has 10 nitrogen and oxygen atoms in total. The van der Waals surface area contributed by atoms with Crippen LogP contribution in [-0.2, 0) is 0 Å². The van der Waals surface area contributed by atoms with Gasteiger partial charge >= 0.3 is 0 Å². The third-order valence-electron chi connectivity index (χ3n) is 5.06. The molecule has 0 radical (unpaired) electrons. The molecular weight excluding hydrogens is 462 g/mol. The van der Waals surface area contributed by atoms with Crippen molar-refractivity contribution in [2.45, 2.75) is 17.0 Å². The maximum absolute atomic E-state index is 12.6. The lowest BCUT2D eigenvalue weighted by Gasteiger charge is -2.09. The van der Waals surface area contributed by atoms with Gasteiger partial charge in [0.05, 0.1) is 0 Å². The number of anilines is 4. The molecule has 3 aromatic heterocycles. The smallest absolute Gasteiger partial charge is 0.255 e. The number of aromatic amines is 1. The zero-order valence-corrected chi connectivity index (χ0v) is 19.9. The first-order valence-corrected chi connectivity index (χ1v) is 11.7. The van der Waals surface area contributed by atoms with Gasteiger partial charge in [0.25, 0.3) is 5.91 Å². The Morgan fingerprint density at radius 1 is 1.03 bits per heavy atom. The Kier molecular flexibility index (Phi) is 6.33. The highest BCUT2D eigenvalue weighted by atomic mass is 32.2. The van der Waals surface area contributed by atoms with Crippen molar-refractivity contribution in [2.75, 3.05) is 23.1 Å². The zero-order chi connectivity index (χ0) is 24.2. The van der Waals surface area contributed by atoms with Crippen LogP contribution in [0, 0.1) is 6.92 Å². The lowest BCUT2D eigenvalue weighted by molar-refractivity contribution is 0.102. The standard InChI is InChI=1S/C24H23N9OS/c1-15-14-21(31-29-15)27-22-20-4-3-13-33(20)32-24(28-22)35-19-11-9-17(10-12-19)26-23(34)16-5-7-18(8-6-16)30-25-2/h3-14,25,30H,1-2H3,(H,26,34)(H2,27,28,29,31,32). The second kappa shape index (κ2) is 9.87. The number of amides is 1. The topological polar surface area (TPSA) is 124 Å². The molecule has 176 valence electrons. The van der Waals surface area contributed by atoms with Crippen molar-refractivity contribution in [2.24, 2.45) is 0 Å². The Labute approximate surface area is 205 Å². The second-order valence-electron chi connectivity index (χ2n) is 7.68. The molecule has 0 atom stereocenters. The van der Waals surface area contributed by atoms with Gasteiger partial charge in [-0.25, -0.2) is 14.9 Å². The van der Waals surface area contributed by atoms with Crippen molar-refractivity contribution >= 4 is 46.2 Å². The summed E-state index contributed by atoms with van der Waals surface area (Å²) in [6.07, 6.45) is 1.88. The molecule has 0 saturated carbocycles. The molecule has 0 aliphatic rings. The van der Waals surface area contributed by atoms with Gasteiger partial charge in [0.1, 0.15) is 5.52 Å². The fourth-order valence-corrected chi connectivity index (χ4v) is 4.17. The van der Waals surface area contributed by atoms with E-state index in [9.17, 15) is 4.79 Å². The maximum Gasteiger partial charge on any atom is 0.255 e. The molecular formula is C24H23N9OS. The van der Waals surface area contributed by atoms with E-state index in [1.807, 2.05) is 67.7 Å². The highest BCUT2D eigenvalue weighted by Crippen LogP contribution is 2.29. The molecule has 2 aromatic carbocycles. The van der Waals surface area contributed by atoms with Gasteiger partial charge in [0.2, 0.25) is 5.16 Å². The van der Waals surface area contributed by atoms with Crippen LogP contribution in [0.1, 0.15) is 16.1 Å². The van der Waals surface area contributed by atoms with Gasteiger partial charge in [-0.15, -0.1) is 5.10 Å². The van der Waals surface area contributed by atoms with Crippen LogP contribution in [0.5, 0.6) is 0 Å². The number of carbonyl (C=O) groups is 1. The molecule has 5 aromatic rings. The summed E-state index contributed by atoms with van der Waals surface area (Å²) < 4.78 is 1.78. The van der Waals surface area contributed by atoms with E-state index < -0.39 is 0 Å². The van der Waals surface area contributed by atoms with Crippen molar-refractivity contribution in [3.05, 3.63) is 84.2 Å². The monoisotopic (exact) mass is 485 g/mol. The van der Waals surface area contributed by atoms with Gasteiger partial charge in [-0.2, -0.15) is 5.10 Å². The molecule has 0 spiro atoms. The number of hydrazine groups is 1. The van der Waals surface area contributed by atoms with Crippen LogP contribution < -0.4 is 21.5 Å². The minimum absolute atomic E-state index is 0.174. The highest BCUT2D eigenvalue weighted by Gasteiger charge is 2.11. The predicted octanol–water partition coefficient (Wildman–Crippen LogP) is 4.45. The molecule has 0 aliphatic carbocycles. The van der Waals surface area contributed by atoms with Crippen molar-refractivity contribution in [3.63, 3.8) is 0 Å².